The van der Waals surface area contributed by atoms with Crippen molar-refractivity contribution in [1.82, 2.24) is 9.97 Å². The van der Waals surface area contributed by atoms with E-state index in [1.54, 1.807) is 12.1 Å². The Morgan fingerprint density at radius 3 is 2.51 bits per heavy atom. The number of aromatic nitrogens is 2. The summed E-state index contributed by atoms with van der Waals surface area (Å²) < 4.78 is 34.5. The average Bonchev–Trinajstić information content (AvgIpc) is 3.33. The summed E-state index contributed by atoms with van der Waals surface area (Å²) in [6.07, 6.45) is 2.78. The number of nitrogens with one attached hydrogen (secondary N) is 1. The first-order chi connectivity index (χ1) is 18.9. The van der Waals surface area contributed by atoms with Gasteiger partial charge in [0.15, 0.2) is 5.82 Å². The van der Waals surface area contributed by atoms with Crippen LogP contribution in [0.2, 0.25) is 0 Å². The first-order valence-electron chi connectivity index (χ1n) is 12.4. The maximum Gasteiger partial charge on any atom is 0.274 e. The molecule has 0 bridgehead atoms. The number of morpholine rings is 1. The number of primary amides is 1. The monoisotopic (exact) mass is 527 g/mol. The van der Waals surface area contributed by atoms with Gasteiger partial charge in [-0.1, -0.05) is 18.2 Å². The number of hydrogen-bond donors (Lipinski definition) is 2. The van der Waals surface area contributed by atoms with Crippen LogP contribution in [-0.2, 0) is 11.2 Å². The van der Waals surface area contributed by atoms with Crippen LogP contribution in [-0.4, -0.2) is 48.1 Å². The summed E-state index contributed by atoms with van der Waals surface area (Å²) in [5, 5.41) is 2.51. The Balaban J connectivity index is 1.41. The van der Waals surface area contributed by atoms with Crippen LogP contribution in [0.15, 0.2) is 60.9 Å². The number of fused-ring (bicyclic) bond motifs is 3. The molecule has 1 aliphatic carbocycles. The van der Waals surface area contributed by atoms with Gasteiger partial charge in [0.1, 0.15) is 17.2 Å². The summed E-state index contributed by atoms with van der Waals surface area (Å²) in [6, 6.07) is 13.0. The minimum Gasteiger partial charge on any atom is -0.378 e. The van der Waals surface area contributed by atoms with Crippen LogP contribution >= 0.6 is 0 Å². The number of carbonyl (C=O) groups is 2. The Kier molecular flexibility index (Phi) is 6.24. The third-order valence-corrected chi connectivity index (χ3v) is 7.01. The molecule has 2 aromatic heterocycles. The normalized spacial score (nSPS) is 14.1. The highest BCUT2D eigenvalue weighted by Gasteiger charge is 2.29. The third kappa shape index (κ3) is 4.48. The summed E-state index contributed by atoms with van der Waals surface area (Å²) in [7, 11) is 0. The fourth-order valence-corrected chi connectivity index (χ4v) is 5.16. The summed E-state index contributed by atoms with van der Waals surface area (Å²) in [4.78, 5) is 35.2. The van der Waals surface area contributed by atoms with E-state index in [0.717, 1.165) is 42.2 Å². The van der Waals surface area contributed by atoms with E-state index < -0.39 is 23.4 Å². The van der Waals surface area contributed by atoms with Crippen LogP contribution in [0, 0.1) is 11.6 Å². The molecule has 196 valence electrons. The maximum absolute atomic E-state index is 15.9. The van der Waals surface area contributed by atoms with Crippen LogP contribution in [0.4, 0.5) is 20.2 Å². The molecule has 3 N–H and O–H groups in total. The Morgan fingerprint density at radius 1 is 0.949 bits per heavy atom. The lowest BCUT2D eigenvalue weighted by molar-refractivity contribution is 0.0992. The van der Waals surface area contributed by atoms with Crippen molar-refractivity contribution < 1.29 is 23.1 Å². The fourth-order valence-electron chi connectivity index (χ4n) is 5.16. The van der Waals surface area contributed by atoms with Crippen LogP contribution in [0.1, 0.15) is 32.1 Å². The van der Waals surface area contributed by atoms with Crippen molar-refractivity contribution >= 4 is 23.2 Å². The Morgan fingerprint density at radius 2 is 1.77 bits per heavy atom. The van der Waals surface area contributed by atoms with Crippen LogP contribution in [0.25, 0.3) is 22.3 Å². The molecular weight excluding hydrogens is 504 g/mol. The van der Waals surface area contributed by atoms with Gasteiger partial charge in [-0.15, -0.1) is 0 Å². The quantitative estimate of drug-likeness (QED) is 0.355. The van der Waals surface area contributed by atoms with E-state index in [1.165, 1.54) is 18.3 Å². The molecule has 0 radical (unpaired) electrons. The lowest BCUT2D eigenvalue weighted by Gasteiger charge is -2.29. The predicted molar refractivity (Wildman–Crippen MR) is 142 cm³/mol. The second-order valence-electron chi connectivity index (χ2n) is 9.34. The minimum atomic E-state index is -0.681. The van der Waals surface area contributed by atoms with Gasteiger partial charge in [-0.05, 0) is 52.6 Å². The van der Waals surface area contributed by atoms with E-state index in [0.29, 0.717) is 36.3 Å². The Hall–Kier alpha value is -4.70. The number of anilines is 2. The van der Waals surface area contributed by atoms with E-state index >= 15 is 4.39 Å². The summed E-state index contributed by atoms with van der Waals surface area (Å²) in [5.74, 6) is -2.60. The standard InChI is InChI=1S/C29H23F2N5O3/c30-17-4-7-24(33-14-17)29(38)35-23-3-1-2-20(26(23)31)22-15-34-27(28(32)37)21-13-16-12-18(5-6-19(16)25(21)22)36-8-10-39-11-9-36/h1-7,12,14-15H,8-11,13H2,(H2,32,37)(H,35,38). The van der Waals surface area contributed by atoms with Crippen LogP contribution in [0.3, 0.4) is 0 Å². The van der Waals surface area contributed by atoms with Gasteiger partial charge in [0.05, 0.1) is 25.1 Å². The number of carbonyl (C=O) groups excluding carboxylic acids is 2. The van der Waals surface area contributed by atoms with Gasteiger partial charge >= 0.3 is 0 Å². The molecule has 1 saturated heterocycles. The van der Waals surface area contributed by atoms with Crippen molar-refractivity contribution in [3.05, 3.63) is 95.1 Å². The van der Waals surface area contributed by atoms with E-state index in [4.69, 9.17) is 10.5 Å². The van der Waals surface area contributed by atoms with Crippen molar-refractivity contribution in [2.75, 3.05) is 36.5 Å². The number of amides is 2. The molecule has 0 spiro atoms. The molecule has 2 aromatic carbocycles. The molecule has 1 fully saturated rings. The molecule has 0 atom stereocenters. The van der Waals surface area contributed by atoms with Gasteiger partial charge in [0, 0.05) is 42.5 Å². The van der Waals surface area contributed by atoms with Gasteiger partial charge in [0.25, 0.3) is 11.8 Å². The molecule has 0 unspecified atom stereocenters. The SMILES string of the molecule is NC(=O)c1ncc(-c2cccc(NC(=O)c3ccc(F)cn3)c2F)c2c1Cc1cc(N3CCOCC3)ccc1-2. The van der Waals surface area contributed by atoms with Crippen LogP contribution in [0.5, 0.6) is 0 Å². The number of hydrogen-bond acceptors (Lipinski definition) is 6. The number of ether oxygens (including phenoxy) is 1. The van der Waals surface area contributed by atoms with Crippen LogP contribution < -0.4 is 16.0 Å². The lowest BCUT2D eigenvalue weighted by Crippen LogP contribution is -2.36. The average molecular weight is 528 g/mol. The molecular formula is C29H23F2N5O3. The molecule has 6 rings (SSSR count). The van der Waals surface area contributed by atoms with Crippen molar-refractivity contribution in [2.45, 2.75) is 6.42 Å². The minimum absolute atomic E-state index is 0.0560. The van der Waals surface area contributed by atoms with Crippen molar-refractivity contribution in [1.29, 1.82) is 0 Å². The number of nitrogens with two attached hydrogens (primary N) is 1. The predicted octanol–water partition coefficient (Wildman–Crippen LogP) is 4.18. The number of benzene rings is 2. The van der Waals surface area contributed by atoms with Gasteiger partial charge in [-0.2, -0.15) is 0 Å². The maximum atomic E-state index is 15.9. The highest BCUT2D eigenvalue weighted by Crippen LogP contribution is 2.46. The van der Waals surface area contributed by atoms with E-state index in [-0.39, 0.29) is 22.6 Å². The molecule has 8 nitrogen and oxygen atoms in total. The largest absolute Gasteiger partial charge is 0.378 e. The Labute approximate surface area is 222 Å². The molecule has 39 heavy (non-hydrogen) atoms. The molecule has 4 aromatic rings. The van der Waals surface area contributed by atoms with E-state index in [1.807, 2.05) is 12.1 Å². The van der Waals surface area contributed by atoms with Gasteiger partial charge in [-0.25, -0.2) is 13.8 Å². The first kappa shape index (κ1) is 24.6. The second-order valence-corrected chi connectivity index (χ2v) is 9.34. The van der Waals surface area contributed by atoms with E-state index in [9.17, 15) is 14.0 Å². The lowest BCUT2D eigenvalue weighted by atomic mass is 9.94. The van der Waals surface area contributed by atoms with Crippen molar-refractivity contribution in [3.8, 4) is 22.3 Å². The first-order valence-corrected chi connectivity index (χ1v) is 12.4. The highest BCUT2D eigenvalue weighted by molar-refractivity contribution is 6.04. The highest BCUT2D eigenvalue weighted by atomic mass is 19.1. The van der Waals surface area contributed by atoms with Crippen molar-refractivity contribution in [3.63, 3.8) is 0 Å². The molecule has 2 amide bonds. The molecule has 1 aliphatic heterocycles. The summed E-state index contributed by atoms with van der Waals surface area (Å²) in [5.41, 5.74) is 10.6. The van der Waals surface area contributed by atoms with Gasteiger partial charge in [-0.3, -0.25) is 14.6 Å². The molecule has 0 saturated carbocycles. The summed E-state index contributed by atoms with van der Waals surface area (Å²) in [6.45, 7) is 2.87. The zero-order valence-corrected chi connectivity index (χ0v) is 20.7. The van der Waals surface area contributed by atoms with Gasteiger partial charge < -0.3 is 20.7 Å². The molecule has 3 heterocycles. The zero-order chi connectivity index (χ0) is 27.1. The summed E-state index contributed by atoms with van der Waals surface area (Å²) >= 11 is 0. The molecule has 10 heteroatoms. The second kappa shape index (κ2) is 9.88. The molecule has 2 aliphatic rings. The smallest absolute Gasteiger partial charge is 0.274 e. The number of halogens is 2. The number of pyridine rings is 2. The number of nitrogens with zero attached hydrogens (tertiary/aromatic N) is 3. The fraction of sp³-hybridized carbons (Fsp3) is 0.172. The van der Waals surface area contributed by atoms with E-state index in [2.05, 4.69) is 26.3 Å². The van der Waals surface area contributed by atoms with Gasteiger partial charge in [0.2, 0.25) is 0 Å². The zero-order valence-electron chi connectivity index (χ0n) is 20.7. The van der Waals surface area contributed by atoms with Crippen molar-refractivity contribution in [2.24, 2.45) is 5.73 Å². The Bertz CT molecular complexity index is 1620. The number of rotatable bonds is 5. The third-order valence-electron chi connectivity index (χ3n) is 7.01. The topological polar surface area (TPSA) is 110 Å².